The van der Waals surface area contributed by atoms with Gasteiger partial charge in [0.25, 0.3) is 12.9 Å². The van der Waals surface area contributed by atoms with Crippen LogP contribution in [0.25, 0.3) is 43.7 Å². The van der Waals surface area contributed by atoms with Crippen LogP contribution in [0.1, 0.15) is 76.3 Å². The van der Waals surface area contributed by atoms with E-state index in [2.05, 4.69) is 50.0 Å². The van der Waals surface area contributed by atoms with Gasteiger partial charge in [0.2, 0.25) is 0 Å². The van der Waals surface area contributed by atoms with E-state index in [4.69, 9.17) is 24.2 Å². The maximum absolute atomic E-state index is 11.2. The van der Waals surface area contributed by atoms with Crippen molar-refractivity contribution in [2.75, 3.05) is 6.61 Å². The van der Waals surface area contributed by atoms with Crippen LogP contribution in [-0.2, 0) is 16.0 Å². The van der Waals surface area contributed by atoms with E-state index in [9.17, 15) is 9.59 Å². The first kappa shape index (κ1) is 35.4. The summed E-state index contributed by atoms with van der Waals surface area (Å²) in [4.78, 5) is 38.4. The molecule has 254 valence electrons. The van der Waals surface area contributed by atoms with Crippen molar-refractivity contribution in [1.82, 2.24) is 15.0 Å². The number of aromatic nitrogens is 3. The molecule has 0 unspecified atom stereocenters. The minimum atomic E-state index is 0.293. The zero-order valence-electron chi connectivity index (χ0n) is 28.4. The van der Waals surface area contributed by atoms with Crippen LogP contribution in [0.2, 0.25) is 0 Å². The summed E-state index contributed by atoms with van der Waals surface area (Å²) in [5.74, 6) is 1.57. The molecule has 0 radical (unpaired) electrons. The third-order valence-electron chi connectivity index (χ3n) is 8.30. The van der Waals surface area contributed by atoms with Gasteiger partial charge in [-0.2, -0.15) is 0 Å². The summed E-state index contributed by atoms with van der Waals surface area (Å²) in [6.07, 6.45) is 13.8. The lowest BCUT2D eigenvalue weighted by molar-refractivity contribution is -0.121. The lowest BCUT2D eigenvalue weighted by Gasteiger charge is -2.14. The van der Waals surface area contributed by atoms with Gasteiger partial charge in [0.15, 0.2) is 0 Å². The average molecular weight is 678 g/mol. The maximum atomic E-state index is 11.2. The summed E-state index contributed by atoms with van der Waals surface area (Å²) < 4.78 is 16.6. The van der Waals surface area contributed by atoms with Crippen LogP contribution < -0.4 is 14.2 Å². The second kappa shape index (κ2) is 18.0. The Morgan fingerprint density at radius 3 is 2.20 bits per heavy atom. The summed E-state index contributed by atoms with van der Waals surface area (Å²) in [6.45, 7) is 8.06. The van der Waals surface area contributed by atoms with E-state index < -0.39 is 0 Å². The van der Waals surface area contributed by atoms with Crippen LogP contribution in [0.3, 0.4) is 0 Å². The smallest absolute Gasteiger partial charge is 0.298 e. The standard InChI is InChI=1S/C40H43N3O5S/c1-4-6-8-10-14-29-21-38(49-40(29)39-28(3)13-12-15-37(39)46-20-11-9-7-5-2)30-16-17-33(42-25-30)35-23-32(48-27-45)24-36(43-35)34-22-31(47-26-44)18-19-41-34/h12-13,15-19,21-27H,4-11,14,20H2,1-3H3. The Kier molecular flexibility index (Phi) is 13.0. The van der Waals surface area contributed by atoms with E-state index in [0.717, 1.165) is 42.1 Å². The number of nitrogens with zero attached hydrogens (tertiary/aromatic N) is 3. The van der Waals surface area contributed by atoms with Crippen molar-refractivity contribution < 1.29 is 23.8 Å². The van der Waals surface area contributed by atoms with Crippen LogP contribution in [0.5, 0.6) is 17.2 Å². The molecule has 0 bridgehead atoms. The first-order valence-corrected chi connectivity index (χ1v) is 17.9. The molecule has 0 fully saturated rings. The second-order valence-electron chi connectivity index (χ2n) is 11.9. The molecule has 0 aliphatic rings. The van der Waals surface area contributed by atoms with Gasteiger partial charge in [-0.25, -0.2) is 4.98 Å². The monoisotopic (exact) mass is 677 g/mol. The molecule has 0 saturated carbocycles. The molecule has 4 aromatic heterocycles. The van der Waals surface area contributed by atoms with Crippen LogP contribution in [0, 0.1) is 6.92 Å². The number of carbonyl (C=O) groups excluding carboxylic acids is 2. The quantitative estimate of drug-likeness (QED) is 0.0629. The number of hydrogen-bond donors (Lipinski definition) is 0. The molecule has 5 aromatic rings. The normalized spacial score (nSPS) is 10.9. The van der Waals surface area contributed by atoms with Crippen LogP contribution in [-0.4, -0.2) is 34.5 Å². The van der Waals surface area contributed by atoms with Crippen LogP contribution in [0.15, 0.2) is 73.1 Å². The van der Waals surface area contributed by atoms with Crippen molar-refractivity contribution in [3.05, 3.63) is 84.2 Å². The van der Waals surface area contributed by atoms with Crippen molar-refractivity contribution in [2.24, 2.45) is 0 Å². The molecular formula is C40H43N3O5S. The molecule has 0 aliphatic carbocycles. The molecule has 0 N–H and O–H groups in total. The summed E-state index contributed by atoms with van der Waals surface area (Å²) in [5.41, 5.74) is 6.74. The van der Waals surface area contributed by atoms with Gasteiger partial charge in [0.1, 0.15) is 17.2 Å². The highest BCUT2D eigenvalue weighted by molar-refractivity contribution is 7.19. The zero-order chi connectivity index (χ0) is 34.4. The Balaban J connectivity index is 1.47. The highest BCUT2D eigenvalue weighted by atomic mass is 32.1. The first-order valence-electron chi connectivity index (χ1n) is 17.1. The SMILES string of the molecule is CCCCCCOc1cccc(C)c1-c1sc(-c2ccc(-c3cc(OC=O)cc(-c4cc(OC=O)ccn4)n3)nc2)cc1CCCCCC. The highest BCUT2D eigenvalue weighted by Crippen LogP contribution is 2.44. The number of pyridine rings is 3. The number of hydrogen-bond acceptors (Lipinski definition) is 9. The van der Waals surface area contributed by atoms with Gasteiger partial charge in [-0.3, -0.25) is 19.6 Å². The number of ether oxygens (including phenoxy) is 3. The molecule has 0 atom stereocenters. The number of thiophene rings is 1. The molecule has 9 heteroatoms. The number of unbranched alkanes of at least 4 members (excludes halogenated alkanes) is 6. The highest BCUT2D eigenvalue weighted by Gasteiger charge is 2.19. The predicted molar refractivity (Wildman–Crippen MR) is 195 cm³/mol. The average Bonchev–Trinajstić information content (AvgIpc) is 3.54. The minimum Gasteiger partial charge on any atom is -0.493 e. The molecule has 0 saturated heterocycles. The summed E-state index contributed by atoms with van der Waals surface area (Å²) >= 11 is 1.78. The van der Waals surface area contributed by atoms with Crippen molar-refractivity contribution in [3.63, 3.8) is 0 Å². The fourth-order valence-electron chi connectivity index (χ4n) is 5.74. The number of carbonyl (C=O) groups is 2. The van der Waals surface area contributed by atoms with Gasteiger partial charge in [-0.15, -0.1) is 11.3 Å². The predicted octanol–water partition coefficient (Wildman–Crippen LogP) is 10.1. The van der Waals surface area contributed by atoms with Gasteiger partial charge in [0.05, 0.1) is 29.4 Å². The fraction of sp³-hybridized carbons (Fsp3) is 0.325. The van der Waals surface area contributed by atoms with E-state index in [0.29, 0.717) is 47.2 Å². The molecule has 0 spiro atoms. The number of aryl methyl sites for hydroxylation is 2. The molecule has 0 aliphatic heterocycles. The third-order valence-corrected chi connectivity index (χ3v) is 9.54. The van der Waals surface area contributed by atoms with Crippen molar-refractivity contribution in [1.29, 1.82) is 0 Å². The fourth-order valence-corrected chi connectivity index (χ4v) is 7.05. The van der Waals surface area contributed by atoms with Crippen molar-refractivity contribution in [2.45, 2.75) is 78.6 Å². The molecule has 49 heavy (non-hydrogen) atoms. The topological polar surface area (TPSA) is 100 Å². The van der Waals surface area contributed by atoms with Gasteiger partial charge in [-0.05, 0) is 67.6 Å². The zero-order valence-corrected chi connectivity index (χ0v) is 29.3. The van der Waals surface area contributed by atoms with Gasteiger partial charge in [-0.1, -0.05) is 64.5 Å². The summed E-state index contributed by atoms with van der Waals surface area (Å²) in [6, 6.07) is 19.1. The van der Waals surface area contributed by atoms with E-state index >= 15 is 0 Å². The Morgan fingerprint density at radius 1 is 0.735 bits per heavy atom. The molecule has 1 aromatic carbocycles. The van der Waals surface area contributed by atoms with E-state index in [1.165, 1.54) is 66.3 Å². The lowest BCUT2D eigenvalue weighted by Crippen LogP contribution is -2.00. The Labute approximate surface area is 292 Å². The van der Waals surface area contributed by atoms with Crippen LogP contribution in [0.4, 0.5) is 0 Å². The summed E-state index contributed by atoms with van der Waals surface area (Å²) in [5, 5.41) is 0. The third kappa shape index (κ3) is 9.38. The largest absolute Gasteiger partial charge is 0.493 e. The Hall–Kier alpha value is -4.89. The second-order valence-corrected chi connectivity index (χ2v) is 13.0. The van der Waals surface area contributed by atoms with Gasteiger partial charge < -0.3 is 14.2 Å². The number of rotatable bonds is 19. The maximum Gasteiger partial charge on any atom is 0.298 e. The lowest BCUT2D eigenvalue weighted by atomic mass is 9.99. The Morgan fingerprint density at radius 2 is 1.47 bits per heavy atom. The van der Waals surface area contributed by atoms with E-state index in [-0.39, 0.29) is 0 Å². The van der Waals surface area contributed by atoms with E-state index in [1.807, 2.05) is 18.3 Å². The van der Waals surface area contributed by atoms with Crippen LogP contribution >= 0.6 is 11.3 Å². The van der Waals surface area contributed by atoms with Gasteiger partial charge in [0, 0.05) is 51.5 Å². The molecule has 5 rings (SSSR count). The molecule has 8 nitrogen and oxygen atoms in total. The van der Waals surface area contributed by atoms with Gasteiger partial charge >= 0.3 is 0 Å². The van der Waals surface area contributed by atoms with Crippen molar-refractivity contribution in [3.8, 4) is 60.9 Å². The van der Waals surface area contributed by atoms with E-state index in [1.54, 1.807) is 35.6 Å². The molecule has 4 heterocycles. The molecule has 0 amide bonds. The van der Waals surface area contributed by atoms with Crippen molar-refractivity contribution >= 4 is 24.3 Å². The first-order chi connectivity index (χ1) is 24.0. The Bertz CT molecular complexity index is 1840. The number of benzene rings is 1. The minimum absolute atomic E-state index is 0.293. The molecular weight excluding hydrogens is 635 g/mol. The summed E-state index contributed by atoms with van der Waals surface area (Å²) in [7, 11) is 0.